The first kappa shape index (κ1) is 13.9. The highest BCUT2D eigenvalue weighted by Crippen LogP contribution is 2.19. The van der Waals surface area contributed by atoms with Gasteiger partial charge in [-0.05, 0) is 24.2 Å². The van der Waals surface area contributed by atoms with E-state index in [0.717, 1.165) is 12.1 Å². The van der Waals surface area contributed by atoms with Crippen LogP contribution in [0.25, 0.3) is 0 Å². The number of benzene rings is 1. The molecule has 1 aromatic rings. The Balaban J connectivity index is 2.69. The minimum Gasteiger partial charge on any atom is -0.435 e. The number of hydrogen-bond acceptors (Lipinski definition) is 3. The van der Waals surface area contributed by atoms with Crippen LogP contribution in [0.3, 0.4) is 0 Å². The van der Waals surface area contributed by atoms with Gasteiger partial charge in [0.05, 0.1) is 12.6 Å². The van der Waals surface area contributed by atoms with Gasteiger partial charge in [-0.2, -0.15) is 8.78 Å². The van der Waals surface area contributed by atoms with Crippen LogP contribution in [0, 0.1) is 0 Å². The lowest BCUT2D eigenvalue weighted by Crippen LogP contribution is -2.24. The number of hydrogen-bond donors (Lipinski definition) is 1. The van der Waals surface area contributed by atoms with Crippen molar-refractivity contribution in [1.82, 2.24) is 5.32 Å². The molecule has 0 aliphatic carbocycles. The van der Waals surface area contributed by atoms with Gasteiger partial charge in [0.2, 0.25) is 0 Å². The SMILES string of the molecule is CCNC(COC)c1ccc(OC(F)F)cc1. The average Bonchev–Trinajstić information content (AvgIpc) is 2.29. The number of ether oxygens (including phenoxy) is 2. The van der Waals surface area contributed by atoms with Crippen LogP contribution < -0.4 is 10.1 Å². The van der Waals surface area contributed by atoms with Gasteiger partial charge in [0.25, 0.3) is 0 Å². The van der Waals surface area contributed by atoms with E-state index in [4.69, 9.17) is 4.74 Å². The van der Waals surface area contributed by atoms with Crippen LogP contribution in [-0.4, -0.2) is 26.9 Å². The molecule has 1 unspecified atom stereocenters. The summed E-state index contributed by atoms with van der Waals surface area (Å²) in [4.78, 5) is 0. The zero-order valence-corrected chi connectivity index (χ0v) is 9.95. The molecule has 0 saturated heterocycles. The maximum absolute atomic E-state index is 12.0. The highest BCUT2D eigenvalue weighted by Gasteiger charge is 2.10. The van der Waals surface area contributed by atoms with E-state index in [0.29, 0.717) is 6.61 Å². The lowest BCUT2D eigenvalue weighted by Gasteiger charge is -2.17. The van der Waals surface area contributed by atoms with Crippen molar-refractivity contribution >= 4 is 0 Å². The normalized spacial score (nSPS) is 12.8. The Hall–Kier alpha value is -1.20. The summed E-state index contributed by atoms with van der Waals surface area (Å²) in [5, 5.41) is 3.25. The Morgan fingerprint density at radius 3 is 2.35 bits per heavy atom. The van der Waals surface area contributed by atoms with Crippen molar-refractivity contribution in [2.75, 3.05) is 20.3 Å². The smallest absolute Gasteiger partial charge is 0.387 e. The minimum atomic E-state index is -2.79. The number of nitrogens with one attached hydrogen (secondary N) is 1. The third kappa shape index (κ3) is 4.66. The first-order valence-electron chi connectivity index (χ1n) is 5.44. The average molecular weight is 245 g/mol. The number of halogens is 2. The third-order valence-electron chi connectivity index (χ3n) is 2.29. The van der Waals surface area contributed by atoms with Gasteiger partial charge in [-0.25, -0.2) is 0 Å². The van der Waals surface area contributed by atoms with Gasteiger partial charge in [0, 0.05) is 7.11 Å². The van der Waals surface area contributed by atoms with Crippen molar-refractivity contribution in [1.29, 1.82) is 0 Å². The molecule has 1 N–H and O–H groups in total. The summed E-state index contributed by atoms with van der Waals surface area (Å²) < 4.78 is 33.3. The van der Waals surface area contributed by atoms with E-state index in [-0.39, 0.29) is 11.8 Å². The van der Waals surface area contributed by atoms with Crippen LogP contribution >= 0.6 is 0 Å². The summed E-state index contributed by atoms with van der Waals surface area (Å²) in [6.07, 6.45) is 0. The Morgan fingerprint density at radius 1 is 1.24 bits per heavy atom. The van der Waals surface area contributed by atoms with Crippen molar-refractivity contribution < 1.29 is 18.3 Å². The Labute approximate surface area is 99.7 Å². The van der Waals surface area contributed by atoms with Crippen LogP contribution in [0.5, 0.6) is 5.75 Å². The third-order valence-corrected chi connectivity index (χ3v) is 2.29. The van der Waals surface area contributed by atoms with E-state index in [1.807, 2.05) is 6.92 Å². The Kier molecular flexibility index (Phi) is 5.86. The standard InChI is InChI=1S/C12H17F2NO2/c1-3-15-11(8-16-2)9-4-6-10(7-5-9)17-12(13)14/h4-7,11-12,15H,3,8H2,1-2H3. The molecule has 0 heterocycles. The molecule has 1 rings (SSSR count). The second-order valence-electron chi connectivity index (χ2n) is 3.51. The molecule has 0 aromatic heterocycles. The summed E-state index contributed by atoms with van der Waals surface area (Å²) in [6.45, 7) is 0.549. The molecule has 17 heavy (non-hydrogen) atoms. The monoisotopic (exact) mass is 245 g/mol. The maximum atomic E-state index is 12.0. The molecule has 0 fully saturated rings. The number of likely N-dealkylation sites (N-methyl/N-ethyl adjacent to an activating group) is 1. The van der Waals surface area contributed by atoms with Gasteiger partial charge >= 0.3 is 6.61 Å². The van der Waals surface area contributed by atoms with E-state index in [9.17, 15) is 8.78 Å². The van der Waals surface area contributed by atoms with Crippen molar-refractivity contribution in [2.24, 2.45) is 0 Å². The molecule has 0 saturated carbocycles. The van der Waals surface area contributed by atoms with Crippen LogP contribution in [0.15, 0.2) is 24.3 Å². The summed E-state index contributed by atoms with van der Waals surface area (Å²) in [7, 11) is 1.62. The first-order valence-corrected chi connectivity index (χ1v) is 5.44. The largest absolute Gasteiger partial charge is 0.435 e. The van der Waals surface area contributed by atoms with Gasteiger partial charge < -0.3 is 14.8 Å². The second-order valence-corrected chi connectivity index (χ2v) is 3.51. The zero-order valence-electron chi connectivity index (χ0n) is 9.95. The highest BCUT2D eigenvalue weighted by molar-refractivity contribution is 5.29. The predicted molar refractivity (Wildman–Crippen MR) is 61.4 cm³/mol. The quantitative estimate of drug-likeness (QED) is 0.801. The molecular weight excluding hydrogens is 228 g/mol. The topological polar surface area (TPSA) is 30.5 Å². The molecule has 5 heteroatoms. The molecule has 0 aliphatic heterocycles. The lowest BCUT2D eigenvalue weighted by atomic mass is 10.1. The van der Waals surface area contributed by atoms with E-state index < -0.39 is 6.61 Å². The van der Waals surface area contributed by atoms with Crippen molar-refractivity contribution in [3.63, 3.8) is 0 Å². The van der Waals surface area contributed by atoms with E-state index in [1.54, 1.807) is 19.2 Å². The summed E-state index contributed by atoms with van der Waals surface area (Å²) >= 11 is 0. The molecule has 0 aliphatic rings. The van der Waals surface area contributed by atoms with Gasteiger partial charge in [-0.3, -0.25) is 0 Å². The van der Waals surface area contributed by atoms with Crippen LogP contribution in [0.4, 0.5) is 8.78 Å². The van der Waals surface area contributed by atoms with Crippen molar-refractivity contribution in [2.45, 2.75) is 19.6 Å². The van der Waals surface area contributed by atoms with Gasteiger partial charge in [-0.15, -0.1) is 0 Å². The molecular formula is C12H17F2NO2. The Morgan fingerprint density at radius 2 is 1.88 bits per heavy atom. The summed E-state index contributed by atoms with van der Waals surface area (Å²) in [6, 6.07) is 6.63. The molecule has 1 atom stereocenters. The fourth-order valence-electron chi connectivity index (χ4n) is 1.57. The van der Waals surface area contributed by atoms with Crippen molar-refractivity contribution in [3.05, 3.63) is 29.8 Å². The second kappa shape index (κ2) is 7.19. The number of methoxy groups -OCH3 is 1. The lowest BCUT2D eigenvalue weighted by molar-refractivity contribution is -0.0498. The first-order chi connectivity index (χ1) is 8.17. The number of rotatable bonds is 7. The molecule has 3 nitrogen and oxygen atoms in total. The van der Waals surface area contributed by atoms with Crippen LogP contribution in [-0.2, 0) is 4.74 Å². The van der Waals surface area contributed by atoms with E-state index >= 15 is 0 Å². The fourth-order valence-corrected chi connectivity index (χ4v) is 1.57. The molecule has 1 aromatic carbocycles. The highest BCUT2D eigenvalue weighted by atomic mass is 19.3. The molecule has 96 valence electrons. The zero-order chi connectivity index (χ0) is 12.7. The summed E-state index contributed by atoms with van der Waals surface area (Å²) in [5.74, 6) is 0.163. The van der Waals surface area contributed by atoms with Gasteiger partial charge in [0.15, 0.2) is 0 Å². The predicted octanol–water partition coefficient (Wildman–Crippen LogP) is 2.59. The Bertz CT molecular complexity index is 311. The van der Waals surface area contributed by atoms with Crippen LogP contribution in [0.1, 0.15) is 18.5 Å². The molecule has 0 spiro atoms. The number of alkyl halides is 2. The van der Waals surface area contributed by atoms with Crippen molar-refractivity contribution in [3.8, 4) is 5.75 Å². The maximum Gasteiger partial charge on any atom is 0.387 e. The van der Waals surface area contributed by atoms with Crippen LogP contribution in [0.2, 0.25) is 0 Å². The summed E-state index contributed by atoms with van der Waals surface area (Å²) in [5.41, 5.74) is 0.982. The molecule has 0 amide bonds. The minimum absolute atomic E-state index is 0.0607. The molecule has 0 bridgehead atoms. The fraction of sp³-hybridized carbons (Fsp3) is 0.500. The molecule has 0 radical (unpaired) electrons. The van der Waals surface area contributed by atoms with E-state index in [2.05, 4.69) is 10.1 Å². The van der Waals surface area contributed by atoms with E-state index in [1.165, 1.54) is 12.1 Å². The van der Waals surface area contributed by atoms with Gasteiger partial charge in [0.1, 0.15) is 5.75 Å². The van der Waals surface area contributed by atoms with Gasteiger partial charge in [-0.1, -0.05) is 19.1 Å².